The Balaban J connectivity index is 1.72. The molecular formula is C15H14N4O3S. The van der Waals surface area contributed by atoms with E-state index in [9.17, 15) is 10.1 Å². The molecule has 1 aliphatic carbocycles. The lowest BCUT2D eigenvalue weighted by Crippen LogP contribution is -2.09. The zero-order valence-corrected chi connectivity index (χ0v) is 13.2. The summed E-state index contributed by atoms with van der Waals surface area (Å²) in [5, 5.41) is 16.4. The van der Waals surface area contributed by atoms with Gasteiger partial charge in [0.05, 0.1) is 13.2 Å². The largest absolute Gasteiger partial charge is 0.496 e. The summed E-state index contributed by atoms with van der Waals surface area (Å²) in [5.74, 6) is 1.17. The zero-order valence-electron chi connectivity index (χ0n) is 12.4. The molecule has 2 heterocycles. The highest BCUT2D eigenvalue weighted by atomic mass is 32.1. The first-order chi connectivity index (χ1) is 11.2. The fourth-order valence-corrected chi connectivity index (χ4v) is 3.88. The van der Waals surface area contributed by atoms with Gasteiger partial charge in [0, 0.05) is 5.38 Å². The van der Waals surface area contributed by atoms with E-state index in [0.29, 0.717) is 10.8 Å². The van der Waals surface area contributed by atoms with E-state index < -0.39 is 4.92 Å². The number of aromatic nitrogens is 2. The fourth-order valence-electron chi connectivity index (χ4n) is 3.17. The number of methoxy groups -OCH3 is 1. The van der Waals surface area contributed by atoms with Crippen LogP contribution in [0.25, 0.3) is 4.96 Å². The predicted octanol–water partition coefficient (Wildman–Crippen LogP) is 3.41. The number of rotatable bonds is 4. The lowest BCUT2D eigenvalue weighted by molar-refractivity contribution is -0.389. The molecule has 8 heteroatoms. The van der Waals surface area contributed by atoms with Crippen LogP contribution in [0.15, 0.2) is 29.8 Å². The summed E-state index contributed by atoms with van der Waals surface area (Å²) in [7, 11) is 1.66. The van der Waals surface area contributed by atoms with Gasteiger partial charge in [-0.3, -0.25) is 0 Å². The van der Waals surface area contributed by atoms with Gasteiger partial charge in [0.15, 0.2) is 0 Å². The van der Waals surface area contributed by atoms with Gasteiger partial charge < -0.3 is 20.2 Å². The van der Waals surface area contributed by atoms with E-state index in [1.54, 1.807) is 18.7 Å². The van der Waals surface area contributed by atoms with Crippen LogP contribution in [0.2, 0.25) is 0 Å². The molecule has 0 amide bonds. The van der Waals surface area contributed by atoms with Gasteiger partial charge in [-0.15, -0.1) is 0 Å². The molecular weight excluding hydrogens is 316 g/mol. The van der Waals surface area contributed by atoms with Gasteiger partial charge in [-0.05, 0) is 35.0 Å². The van der Waals surface area contributed by atoms with Crippen molar-refractivity contribution in [1.29, 1.82) is 0 Å². The van der Waals surface area contributed by atoms with Crippen molar-refractivity contribution in [2.75, 3.05) is 12.4 Å². The van der Waals surface area contributed by atoms with Crippen LogP contribution in [-0.4, -0.2) is 21.4 Å². The molecule has 3 aromatic rings. The summed E-state index contributed by atoms with van der Waals surface area (Å²) >= 11 is 1.38. The molecule has 0 spiro atoms. The SMILES string of the molecule is COc1cccc2c1CCC2Nc1nc2sccn2c1[N+](=O)[O-]. The minimum absolute atomic E-state index is 0.00315. The first-order valence-electron chi connectivity index (χ1n) is 7.21. The number of anilines is 1. The predicted molar refractivity (Wildman–Crippen MR) is 87.4 cm³/mol. The summed E-state index contributed by atoms with van der Waals surface area (Å²) in [4.78, 5) is 16.0. The van der Waals surface area contributed by atoms with E-state index in [0.717, 1.165) is 29.7 Å². The van der Waals surface area contributed by atoms with E-state index in [1.807, 2.05) is 18.2 Å². The Labute approximate surface area is 135 Å². The van der Waals surface area contributed by atoms with Crippen LogP contribution in [-0.2, 0) is 6.42 Å². The van der Waals surface area contributed by atoms with Crippen LogP contribution >= 0.6 is 11.3 Å². The number of hydrogen-bond acceptors (Lipinski definition) is 6. The van der Waals surface area contributed by atoms with E-state index in [1.165, 1.54) is 15.7 Å². The Bertz CT molecular complexity index is 901. The van der Waals surface area contributed by atoms with Crippen molar-refractivity contribution in [3.63, 3.8) is 0 Å². The van der Waals surface area contributed by atoms with Crippen molar-refractivity contribution in [3.05, 3.63) is 51.0 Å². The number of imidazole rings is 1. The maximum Gasteiger partial charge on any atom is 0.372 e. The van der Waals surface area contributed by atoms with Gasteiger partial charge in [0.1, 0.15) is 11.9 Å². The van der Waals surface area contributed by atoms with Crippen molar-refractivity contribution in [2.24, 2.45) is 0 Å². The number of thiazole rings is 1. The Morgan fingerprint density at radius 3 is 3.17 bits per heavy atom. The summed E-state index contributed by atoms with van der Waals surface area (Å²) in [6, 6.07) is 5.92. The number of benzene rings is 1. The highest BCUT2D eigenvalue weighted by Gasteiger charge is 2.30. The normalized spacial score (nSPS) is 16.5. The van der Waals surface area contributed by atoms with Gasteiger partial charge in [-0.2, -0.15) is 9.38 Å². The average molecular weight is 330 g/mol. The molecule has 0 fully saturated rings. The molecule has 2 aromatic heterocycles. The molecule has 0 aliphatic heterocycles. The molecule has 0 saturated heterocycles. The topological polar surface area (TPSA) is 81.7 Å². The quantitative estimate of drug-likeness (QED) is 0.585. The summed E-state index contributed by atoms with van der Waals surface area (Å²) in [6.45, 7) is 0. The van der Waals surface area contributed by atoms with Crippen molar-refractivity contribution in [2.45, 2.75) is 18.9 Å². The molecule has 0 radical (unpaired) electrons. The van der Waals surface area contributed by atoms with Crippen LogP contribution in [0.1, 0.15) is 23.6 Å². The third-order valence-corrected chi connectivity index (χ3v) is 4.93. The number of nitrogens with zero attached hydrogens (tertiary/aromatic N) is 3. The molecule has 1 atom stereocenters. The maximum atomic E-state index is 11.4. The average Bonchev–Trinajstić information content (AvgIpc) is 3.21. The van der Waals surface area contributed by atoms with Crippen LogP contribution < -0.4 is 10.1 Å². The Hall–Kier alpha value is -2.61. The van der Waals surface area contributed by atoms with Gasteiger partial charge >= 0.3 is 5.82 Å². The second kappa shape index (κ2) is 5.24. The van der Waals surface area contributed by atoms with Gasteiger partial charge in [-0.1, -0.05) is 23.5 Å². The molecule has 1 N–H and O–H groups in total. The summed E-state index contributed by atoms with van der Waals surface area (Å²) in [5.41, 5.74) is 2.28. The number of hydrogen-bond donors (Lipinski definition) is 1. The molecule has 1 aromatic carbocycles. The van der Waals surface area contributed by atoms with Gasteiger partial charge in [-0.25, -0.2) is 0 Å². The number of nitro groups is 1. The first-order valence-corrected chi connectivity index (χ1v) is 8.09. The second-order valence-electron chi connectivity index (χ2n) is 5.36. The monoisotopic (exact) mass is 330 g/mol. The van der Waals surface area contributed by atoms with Gasteiger partial charge in [0.2, 0.25) is 5.82 Å². The van der Waals surface area contributed by atoms with Crippen LogP contribution in [0.3, 0.4) is 0 Å². The summed E-state index contributed by atoms with van der Waals surface area (Å²) in [6.07, 6.45) is 3.41. The number of fused-ring (bicyclic) bond motifs is 2. The first kappa shape index (κ1) is 14.0. The van der Waals surface area contributed by atoms with Crippen molar-refractivity contribution >= 4 is 27.9 Å². The van der Waals surface area contributed by atoms with Gasteiger partial charge in [0.25, 0.3) is 4.96 Å². The van der Waals surface area contributed by atoms with Crippen LogP contribution in [0, 0.1) is 10.1 Å². The molecule has 4 rings (SSSR count). The highest BCUT2D eigenvalue weighted by molar-refractivity contribution is 7.15. The van der Waals surface area contributed by atoms with Crippen LogP contribution in [0.4, 0.5) is 11.6 Å². The smallest absolute Gasteiger partial charge is 0.372 e. The number of nitrogens with one attached hydrogen (secondary N) is 1. The lowest BCUT2D eigenvalue weighted by atomic mass is 10.1. The zero-order chi connectivity index (χ0) is 16.0. The summed E-state index contributed by atoms with van der Waals surface area (Å²) < 4.78 is 6.91. The van der Waals surface area contributed by atoms with Crippen molar-refractivity contribution in [3.8, 4) is 5.75 Å². The van der Waals surface area contributed by atoms with E-state index >= 15 is 0 Å². The molecule has 118 valence electrons. The fraction of sp³-hybridized carbons (Fsp3) is 0.267. The van der Waals surface area contributed by atoms with Crippen LogP contribution in [0.5, 0.6) is 5.75 Å². The van der Waals surface area contributed by atoms with E-state index in [4.69, 9.17) is 4.74 Å². The number of ether oxygens (including phenoxy) is 1. The third-order valence-electron chi connectivity index (χ3n) is 4.17. The molecule has 23 heavy (non-hydrogen) atoms. The van der Waals surface area contributed by atoms with E-state index in [-0.39, 0.29) is 11.9 Å². The third kappa shape index (κ3) is 2.14. The Kier molecular flexibility index (Phi) is 3.19. The standard InChI is InChI=1S/C15H14N4O3S/c1-22-12-4-2-3-9-10(12)5-6-11(9)16-13-14(19(20)21)18-7-8-23-15(18)17-13/h2-4,7-8,11,16H,5-6H2,1H3. The molecule has 7 nitrogen and oxygen atoms in total. The Morgan fingerprint density at radius 2 is 2.39 bits per heavy atom. The molecule has 1 aliphatic rings. The van der Waals surface area contributed by atoms with Crippen molar-refractivity contribution in [1.82, 2.24) is 9.38 Å². The Morgan fingerprint density at radius 1 is 1.52 bits per heavy atom. The second-order valence-corrected chi connectivity index (χ2v) is 6.23. The van der Waals surface area contributed by atoms with Crippen molar-refractivity contribution < 1.29 is 9.66 Å². The maximum absolute atomic E-state index is 11.4. The lowest BCUT2D eigenvalue weighted by Gasteiger charge is -2.14. The minimum Gasteiger partial charge on any atom is -0.496 e. The molecule has 0 bridgehead atoms. The highest BCUT2D eigenvalue weighted by Crippen LogP contribution is 2.40. The molecule has 1 unspecified atom stereocenters. The van der Waals surface area contributed by atoms with E-state index in [2.05, 4.69) is 10.3 Å². The molecule has 0 saturated carbocycles. The minimum atomic E-state index is -0.392.